The Morgan fingerprint density at radius 3 is 2.89 bits per heavy atom. The molecule has 4 rings (SSSR count). The van der Waals surface area contributed by atoms with Crippen LogP contribution in [0, 0.1) is 0 Å². The number of nitrogens with one attached hydrogen (secondary N) is 1. The maximum Gasteiger partial charge on any atom is 0.0504 e. The molecule has 0 radical (unpaired) electrons. The quantitative estimate of drug-likeness (QED) is 0.461. The van der Waals surface area contributed by atoms with Crippen molar-refractivity contribution >= 4 is 38.4 Å². The predicted octanol–water partition coefficient (Wildman–Crippen LogP) is 5.16. The van der Waals surface area contributed by atoms with Crippen LogP contribution in [-0.4, -0.2) is 4.98 Å². The third-order valence-corrected chi connectivity index (χ3v) is 4.31. The number of benzene rings is 2. The zero-order chi connectivity index (χ0) is 12.3. The number of hydrogen-bond donors (Lipinski definition) is 1. The topological polar surface area (TPSA) is 15.8 Å². The second-order valence-electron chi connectivity index (χ2n) is 4.65. The lowest BCUT2D eigenvalue weighted by molar-refractivity contribution is 1.29. The van der Waals surface area contributed by atoms with Crippen LogP contribution >= 0.6 is 27.5 Å². The normalized spacial score (nSPS) is 12.8. The Morgan fingerprint density at radius 2 is 2.00 bits per heavy atom. The third-order valence-electron chi connectivity index (χ3n) is 3.58. The van der Waals surface area contributed by atoms with Crippen LogP contribution in [0.3, 0.4) is 0 Å². The summed E-state index contributed by atoms with van der Waals surface area (Å²) in [6, 6.07) is 12.5. The molecule has 0 unspecified atom stereocenters. The number of halogens is 2. The molecular formula is C15H9BrClN. The first kappa shape index (κ1) is 10.7. The minimum absolute atomic E-state index is 0.793. The van der Waals surface area contributed by atoms with E-state index in [-0.39, 0.29) is 0 Å². The molecule has 2 aromatic carbocycles. The van der Waals surface area contributed by atoms with Crippen molar-refractivity contribution in [2.24, 2.45) is 0 Å². The fourth-order valence-corrected chi connectivity index (χ4v) is 3.29. The molecule has 0 amide bonds. The van der Waals surface area contributed by atoms with Crippen LogP contribution in [0.2, 0.25) is 5.02 Å². The molecule has 0 aliphatic heterocycles. The molecule has 1 nitrogen and oxygen atoms in total. The van der Waals surface area contributed by atoms with Gasteiger partial charge in [0.25, 0.3) is 0 Å². The SMILES string of the molecule is Clc1ccc2c(c1)-c1[nH]c3ccc(Br)cc3c1C2. The third kappa shape index (κ3) is 1.39. The van der Waals surface area contributed by atoms with Gasteiger partial charge in [-0.05, 0) is 41.5 Å². The Kier molecular flexibility index (Phi) is 2.14. The highest BCUT2D eigenvalue weighted by molar-refractivity contribution is 9.10. The zero-order valence-corrected chi connectivity index (χ0v) is 11.8. The summed E-state index contributed by atoms with van der Waals surface area (Å²) in [5, 5.41) is 2.09. The Balaban J connectivity index is 2.06. The zero-order valence-electron chi connectivity index (χ0n) is 9.43. The molecule has 0 atom stereocenters. The molecule has 1 aliphatic carbocycles. The van der Waals surface area contributed by atoms with Crippen molar-refractivity contribution in [1.29, 1.82) is 0 Å². The summed E-state index contributed by atoms with van der Waals surface area (Å²) < 4.78 is 1.12. The van der Waals surface area contributed by atoms with Crippen molar-refractivity contribution in [2.45, 2.75) is 6.42 Å². The van der Waals surface area contributed by atoms with Gasteiger partial charge in [-0.2, -0.15) is 0 Å². The smallest absolute Gasteiger partial charge is 0.0504 e. The second-order valence-corrected chi connectivity index (χ2v) is 6.00. The molecule has 1 N–H and O–H groups in total. The van der Waals surface area contributed by atoms with E-state index in [1.165, 1.54) is 33.3 Å². The number of H-pyrrole nitrogens is 1. The summed E-state index contributed by atoms with van der Waals surface area (Å²) in [5.41, 5.74) is 6.38. The van der Waals surface area contributed by atoms with Crippen molar-refractivity contribution in [3.8, 4) is 11.3 Å². The van der Waals surface area contributed by atoms with Crippen molar-refractivity contribution < 1.29 is 0 Å². The summed E-state index contributed by atoms with van der Waals surface area (Å²) in [4.78, 5) is 3.51. The van der Waals surface area contributed by atoms with Gasteiger partial charge in [0.05, 0.1) is 5.69 Å². The summed E-state index contributed by atoms with van der Waals surface area (Å²) in [6.07, 6.45) is 0.984. The summed E-state index contributed by atoms with van der Waals surface area (Å²) in [5.74, 6) is 0. The van der Waals surface area contributed by atoms with Crippen LogP contribution in [0.25, 0.3) is 22.2 Å². The molecule has 0 spiro atoms. The maximum atomic E-state index is 6.09. The summed E-state index contributed by atoms with van der Waals surface area (Å²) in [7, 11) is 0. The van der Waals surface area contributed by atoms with E-state index in [0.29, 0.717) is 0 Å². The molecule has 0 fully saturated rings. The standard InChI is InChI=1S/C15H9BrClN/c16-9-2-4-14-12(6-9)13-5-8-1-3-10(17)7-11(8)15(13)18-14/h1-4,6-7,18H,5H2. The van der Waals surface area contributed by atoms with Crippen molar-refractivity contribution in [1.82, 2.24) is 4.98 Å². The van der Waals surface area contributed by atoms with Crippen molar-refractivity contribution in [2.75, 3.05) is 0 Å². The molecule has 3 heteroatoms. The highest BCUT2D eigenvalue weighted by Crippen LogP contribution is 2.41. The molecule has 0 saturated heterocycles. The van der Waals surface area contributed by atoms with E-state index < -0.39 is 0 Å². The minimum atomic E-state index is 0.793. The fraction of sp³-hybridized carbons (Fsp3) is 0.0667. The molecular weight excluding hydrogens is 310 g/mol. The second kappa shape index (κ2) is 3.62. The van der Waals surface area contributed by atoms with Crippen LogP contribution < -0.4 is 0 Å². The predicted molar refractivity (Wildman–Crippen MR) is 79.3 cm³/mol. The first-order chi connectivity index (χ1) is 8.72. The van der Waals surface area contributed by atoms with E-state index in [1.807, 2.05) is 12.1 Å². The van der Waals surface area contributed by atoms with Crippen molar-refractivity contribution in [3.63, 3.8) is 0 Å². The maximum absolute atomic E-state index is 6.09. The van der Waals surface area contributed by atoms with Crippen LogP contribution in [-0.2, 0) is 6.42 Å². The average Bonchev–Trinajstić information content (AvgIpc) is 2.86. The number of hydrogen-bond acceptors (Lipinski definition) is 0. The largest absolute Gasteiger partial charge is 0.354 e. The van der Waals surface area contributed by atoms with Gasteiger partial charge in [0.2, 0.25) is 0 Å². The highest BCUT2D eigenvalue weighted by Gasteiger charge is 2.23. The molecule has 1 heterocycles. The van der Waals surface area contributed by atoms with E-state index in [9.17, 15) is 0 Å². The summed E-state index contributed by atoms with van der Waals surface area (Å²) >= 11 is 9.63. The number of fused-ring (bicyclic) bond motifs is 5. The van der Waals surface area contributed by atoms with E-state index in [2.05, 4.69) is 45.2 Å². The van der Waals surface area contributed by atoms with Gasteiger partial charge in [-0.3, -0.25) is 0 Å². The first-order valence-corrected chi connectivity index (χ1v) is 6.98. The van der Waals surface area contributed by atoms with Crippen LogP contribution in [0.1, 0.15) is 11.1 Å². The van der Waals surface area contributed by atoms with Gasteiger partial charge in [-0.25, -0.2) is 0 Å². The van der Waals surface area contributed by atoms with Crippen LogP contribution in [0.5, 0.6) is 0 Å². The van der Waals surface area contributed by atoms with Crippen LogP contribution in [0.4, 0.5) is 0 Å². The molecule has 0 bridgehead atoms. The van der Waals surface area contributed by atoms with Gasteiger partial charge in [0, 0.05) is 32.4 Å². The van der Waals surface area contributed by atoms with Crippen molar-refractivity contribution in [3.05, 3.63) is 57.0 Å². The van der Waals surface area contributed by atoms with Gasteiger partial charge in [0.15, 0.2) is 0 Å². The monoisotopic (exact) mass is 317 g/mol. The Bertz CT molecular complexity index is 789. The van der Waals surface area contributed by atoms with Gasteiger partial charge < -0.3 is 4.98 Å². The van der Waals surface area contributed by atoms with E-state index >= 15 is 0 Å². The number of aromatic nitrogens is 1. The molecule has 1 aromatic heterocycles. The molecule has 1 aliphatic rings. The fourth-order valence-electron chi connectivity index (χ4n) is 2.76. The van der Waals surface area contributed by atoms with Gasteiger partial charge in [-0.1, -0.05) is 33.6 Å². The molecule has 3 aromatic rings. The lowest BCUT2D eigenvalue weighted by atomic mass is 10.1. The lowest BCUT2D eigenvalue weighted by Crippen LogP contribution is -1.82. The molecule has 0 saturated carbocycles. The summed E-state index contributed by atoms with van der Waals surface area (Å²) in [6.45, 7) is 0. The molecule has 88 valence electrons. The van der Waals surface area contributed by atoms with Gasteiger partial charge in [-0.15, -0.1) is 0 Å². The lowest BCUT2D eigenvalue weighted by Gasteiger charge is -2.00. The van der Waals surface area contributed by atoms with E-state index in [4.69, 9.17) is 11.6 Å². The highest BCUT2D eigenvalue weighted by atomic mass is 79.9. The average molecular weight is 319 g/mol. The van der Waals surface area contributed by atoms with Crippen LogP contribution in [0.15, 0.2) is 40.9 Å². The number of rotatable bonds is 0. The van der Waals surface area contributed by atoms with Gasteiger partial charge >= 0.3 is 0 Å². The van der Waals surface area contributed by atoms with Gasteiger partial charge in [0.1, 0.15) is 0 Å². The molecule has 18 heavy (non-hydrogen) atoms. The Labute approximate surface area is 118 Å². The van der Waals surface area contributed by atoms with E-state index in [0.717, 1.165) is 15.9 Å². The minimum Gasteiger partial charge on any atom is -0.354 e. The Morgan fingerprint density at radius 1 is 1.11 bits per heavy atom. The van der Waals surface area contributed by atoms with E-state index in [1.54, 1.807) is 0 Å². The Hall–Kier alpha value is -1.25. The first-order valence-electron chi connectivity index (χ1n) is 5.81. The number of aromatic amines is 1.